The van der Waals surface area contributed by atoms with E-state index in [4.69, 9.17) is 11.2 Å². The van der Waals surface area contributed by atoms with Gasteiger partial charge in [-0.25, -0.2) is 0 Å². The number of nitrogens with zero attached hydrogens (tertiary/aromatic N) is 1. The maximum absolute atomic E-state index is 5.47. The van der Waals surface area contributed by atoms with Gasteiger partial charge >= 0.3 is 0 Å². The lowest BCUT2D eigenvalue weighted by molar-refractivity contribution is 0.337. The smallest absolute Gasteiger partial charge is 0.0845 e. The summed E-state index contributed by atoms with van der Waals surface area (Å²) in [5.41, 5.74) is 12.7. The van der Waals surface area contributed by atoms with Crippen LogP contribution in [0.3, 0.4) is 0 Å². The van der Waals surface area contributed by atoms with E-state index >= 15 is 0 Å². The summed E-state index contributed by atoms with van der Waals surface area (Å²) >= 11 is 0. The number of hydrogen-bond acceptors (Lipinski definition) is 2. The number of fused-ring (bicyclic) bond motifs is 4. The third-order valence-electron chi connectivity index (χ3n) is 10.1. The lowest BCUT2D eigenvalue weighted by atomic mass is 9.69. The van der Waals surface area contributed by atoms with Crippen LogP contribution in [0.2, 0.25) is 0 Å². The van der Waals surface area contributed by atoms with Crippen LogP contribution in [-0.4, -0.2) is 7.11 Å². The molecule has 0 fully saturated rings. The summed E-state index contributed by atoms with van der Waals surface area (Å²) in [5, 5.41) is 0. The van der Waals surface area contributed by atoms with Crippen molar-refractivity contribution in [2.24, 2.45) is 0 Å². The lowest BCUT2D eigenvalue weighted by Crippen LogP contribution is -2.27. The van der Waals surface area contributed by atoms with Crippen LogP contribution >= 0.6 is 0 Å². The van der Waals surface area contributed by atoms with Gasteiger partial charge in [-0.2, -0.15) is 0 Å². The van der Waals surface area contributed by atoms with Crippen molar-refractivity contribution in [1.29, 1.82) is 0 Å². The van der Waals surface area contributed by atoms with Crippen molar-refractivity contribution in [2.75, 3.05) is 12.0 Å². The minimum atomic E-state index is -0.405. The zero-order valence-electron chi connectivity index (χ0n) is 30.7. The molecule has 2 nitrogen and oxygen atoms in total. The zero-order valence-corrected chi connectivity index (χ0v) is 30.7. The number of allylic oxidation sites excluding steroid dienone is 15. The van der Waals surface area contributed by atoms with Crippen molar-refractivity contribution in [2.45, 2.75) is 51.4 Å². The first-order valence-electron chi connectivity index (χ1n) is 17.6. The van der Waals surface area contributed by atoms with Gasteiger partial charge in [0.2, 0.25) is 0 Å². The van der Waals surface area contributed by atoms with Gasteiger partial charge < -0.3 is 9.64 Å². The van der Waals surface area contributed by atoms with Gasteiger partial charge in [0.25, 0.3) is 0 Å². The molecule has 0 N–H and O–H groups in total. The fourth-order valence-corrected chi connectivity index (χ4v) is 7.59. The van der Waals surface area contributed by atoms with Crippen LogP contribution in [0, 0.1) is 12.3 Å². The highest BCUT2D eigenvalue weighted by Gasteiger charge is 2.43. The fourth-order valence-electron chi connectivity index (χ4n) is 7.59. The molecular formula is C49H49NO. The van der Waals surface area contributed by atoms with Crippen molar-refractivity contribution in [1.82, 2.24) is 0 Å². The second-order valence-corrected chi connectivity index (χ2v) is 13.3. The number of rotatable bonds is 14. The standard InChI is InChI=1S/C49H49NO/c1-9-13-15-16-17-22-33-49(37(5)24-14-10-2)44(12-4)43(41-26-19-21-28-46(41)49)31-34-50(38(23-11-3)32-35-51-8)39-29-30-42-40-25-18-20-27-45(40)48(6,7)47(42)36-39/h1,10-12,14-32,34-36H,3-4,13,33H2,2,5-8H3/b14-10-,16-15-,22-17-,34-31-,35-32-,37-24+,38-23+. The molecule has 2 aliphatic carbocycles. The Labute approximate surface area is 306 Å². The van der Waals surface area contributed by atoms with Crippen molar-refractivity contribution in [3.63, 3.8) is 0 Å². The molecule has 5 rings (SSSR count). The summed E-state index contributed by atoms with van der Waals surface area (Å²) in [6, 6.07) is 24.3. The Bertz CT molecular complexity index is 2080. The largest absolute Gasteiger partial charge is 0.504 e. The Kier molecular flexibility index (Phi) is 11.7. The molecule has 3 aromatic carbocycles. The van der Waals surface area contributed by atoms with Gasteiger partial charge in [-0.1, -0.05) is 142 Å². The monoisotopic (exact) mass is 667 g/mol. The van der Waals surface area contributed by atoms with Crippen molar-refractivity contribution >= 4 is 11.3 Å². The molecule has 0 aliphatic heterocycles. The van der Waals surface area contributed by atoms with E-state index in [2.05, 4.69) is 154 Å². The highest BCUT2D eigenvalue weighted by Crippen LogP contribution is 2.54. The average Bonchev–Trinajstić information content (AvgIpc) is 3.55. The predicted octanol–water partition coefficient (Wildman–Crippen LogP) is 12.5. The average molecular weight is 668 g/mol. The Morgan fingerprint density at radius 3 is 2.29 bits per heavy atom. The van der Waals surface area contributed by atoms with Crippen molar-refractivity contribution in [3.05, 3.63) is 204 Å². The van der Waals surface area contributed by atoms with Crippen LogP contribution in [0.25, 0.3) is 16.7 Å². The summed E-state index contributed by atoms with van der Waals surface area (Å²) in [4.78, 5) is 2.21. The zero-order chi connectivity index (χ0) is 36.4. The number of methoxy groups -OCH3 is 1. The molecule has 1 unspecified atom stereocenters. The number of hydrogen-bond donors (Lipinski definition) is 0. The molecule has 3 aromatic rings. The highest BCUT2D eigenvalue weighted by molar-refractivity contribution is 5.90. The van der Waals surface area contributed by atoms with E-state index in [1.807, 2.05) is 43.4 Å². The van der Waals surface area contributed by atoms with Gasteiger partial charge in [0, 0.05) is 34.8 Å². The van der Waals surface area contributed by atoms with E-state index in [0.717, 1.165) is 23.4 Å². The molecule has 51 heavy (non-hydrogen) atoms. The molecule has 0 heterocycles. The first-order chi connectivity index (χ1) is 24.8. The Balaban J connectivity index is 1.71. The molecule has 0 spiro atoms. The van der Waals surface area contributed by atoms with Crippen LogP contribution in [0.4, 0.5) is 5.69 Å². The molecule has 0 bridgehead atoms. The van der Waals surface area contributed by atoms with Crippen LogP contribution in [0.15, 0.2) is 182 Å². The van der Waals surface area contributed by atoms with Gasteiger partial charge in [-0.15, -0.1) is 12.3 Å². The first kappa shape index (κ1) is 36.5. The molecular weight excluding hydrogens is 619 g/mol. The van der Waals surface area contributed by atoms with E-state index in [1.54, 1.807) is 13.4 Å². The summed E-state index contributed by atoms with van der Waals surface area (Å²) in [6.07, 6.45) is 35.6. The molecule has 0 aromatic heterocycles. The summed E-state index contributed by atoms with van der Waals surface area (Å²) < 4.78 is 5.41. The summed E-state index contributed by atoms with van der Waals surface area (Å²) in [6.45, 7) is 17.3. The second kappa shape index (κ2) is 16.3. The summed E-state index contributed by atoms with van der Waals surface area (Å²) in [7, 11) is 1.66. The van der Waals surface area contributed by atoms with E-state index in [9.17, 15) is 0 Å². The maximum Gasteiger partial charge on any atom is 0.0845 e. The van der Waals surface area contributed by atoms with Crippen LogP contribution in [0.5, 0.6) is 0 Å². The molecule has 2 aliphatic rings. The third kappa shape index (κ3) is 6.99. The van der Waals surface area contributed by atoms with Gasteiger partial charge in [-0.3, -0.25) is 0 Å². The van der Waals surface area contributed by atoms with Crippen LogP contribution < -0.4 is 4.90 Å². The molecule has 0 saturated carbocycles. The number of ether oxygens (including phenoxy) is 1. The molecule has 1 atom stereocenters. The fraction of sp³-hybridized carbons (Fsp3) is 0.184. The first-order valence-corrected chi connectivity index (χ1v) is 17.6. The molecule has 0 amide bonds. The second-order valence-electron chi connectivity index (χ2n) is 13.3. The minimum Gasteiger partial charge on any atom is -0.504 e. The van der Waals surface area contributed by atoms with E-state index in [0.29, 0.717) is 6.42 Å². The number of anilines is 1. The van der Waals surface area contributed by atoms with E-state index < -0.39 is 5.41 Å². The predicted molar refractivity (Wildman–Crippen MR) is 220 cm³/mol. The molecule has 2 heteroatoms. The van der Waals surface area contributed by atoms with Crippen molar-refractivity contribution < 1.29 is 4.74 Å². The normalized spacial score (nSPS) is 18.2. The molecule has 256 valence electrons. The quantitative estimate of drug-likeness (QED) is 0.0964. The van der Waals surface area contributed by atoms with Gasteiger partial charge in [0.05, 0.1) is 13.4 Å². The minimum absolute atomic E-state index is 0.134. The Hall–Kier alpha value is -5.78. The Morgan fingerprint density at radius 2 is 1.59 bits per heavy atom. The molecule has 0 saturated heterocycles. The lowest BCUT2D eigenvalue weighted by Gasteiger charge is -2.33. The Morgan fingerprint density at radius 1 is 0.882 bits per heavy atom. The van der Waals surface area contributed by atoms with E-state index in [-0.39, 0.29) is 5.41 Å². The van der Waals surface area contributed by atoms with Crippen molar-refractivity contribution in [3.8, 4) is 23.5 Å². The topological polar surface area (TPSA) is 12.5 Å². The van der Waals surface area contributed by atoms with Crippen LogP contribution in [0.1, 0.15) is 62.8 Å². The van der Waals surface area contributed by atoms with Gasteiger partial charge in [-0.05, 0) is 95.2 Å². The summed E-state index contributed by atoms with van der Waals surface area (Å²) in [5.74, 6) is 2.68. The van der Waals surface area contributed by atoms with Crippen LogP contribution in [-0.2, 0) is 15.6 Å². The maximum atomic E-state index is 5.47. The van der Waals surface area contributed by atoms with Gasteiger partial charge in [0.1, 0.15) is 0 Å². The molecule has 0 radical (unpaired) electrons. The van der Waals surface area contributed by atoms with Gasteiger partial charge in [0.15, 0.2) is 0 Å². The number of benzene rings is 3. The highest BCUT2D eigenvalue weighted by atomic mass is 16.5. The SMILES string of the molecule is C#CC/C=C\C=C/CC1(/C(C)=C/C=C\C)C(C=C)=C(/C=C\N(C(/C=C\OC)=C/C=C)c2ccc3c(c2)C(C)(C)c2ccccc2-3)c2ccccc21. The van der Waals surface area contributed by atoms with E-state index in [1.165, 1.54) is 44.5 Å². The number of terminal acetylenes is 1. The third-order valence-corrected chi connectivity index (χ3v) is 10.1.